The highest BCUT2D eigenvalue weighted by Crippen LogP contribution is 2.45. The maximum atomic E-state index is 12.7. The summed E-state index contributed by atoms with van der Waals surface area (Å²) in [7, 11) is 0. The smallest absolute Gasteiger partial charge is 0.0996 e. The summed E-state index contributed by atoms with van der Waals surface area (Å²) in [6.45, 7) is 17.0. The van der Waals surface area contributed by atoms with Crippen molar-refractivity contribution in [3.63, 3.8) is 0 Å². The lowest BCUT2D eigenvalue weighted by atomic mass is 9.80. The molecule has 2 heterocycles. The highest BCUT2D eigenvalue weighted by atomic mass is 16.7. The molecular weight excluding hydrogens is 264 g/mol. The van der Waals surface area contributed by atoms with Crippen LogP contribution < -0.4 is 0 Å². The molecule has 123 valence electrons. The van der Waals surface area contributed by atoms with Crippen LogP contribution in [0.15, 0.2) is 0 Å². The van der Waals surface area contributed by atoms with Crippen LogP contribution in [0.1, 0.15) is 81.1 Å². The van der Waals surface area contributed by atoms with E-state index in [1.807, 2.05) is 27.7 Å². The van der Waals surface area contributed by atoms with Gasteiger partial charge >= 0.3 is 0 Å². The van der Waals surface area contributed by atoms with Crippen molar-refractivity contribution < 1.29 is 10.0 Å². The second-order valence-electron chi connectivity index (χ2n) is 9.31. The molecule has 2 saturated heterocycles. The third kappa shape index (κ3) is 2.88. The number of hydroxylamine groups is 4. The molecule has 1 atom stereocenters. The van der Waals surface area contributed by atoms with Gasteiger partial charge in [-0.2, -0.15) is 5.06 Å². The van der Waals surface area contributed by atoms with Crippen LogP contribution in [0.4, 0.5) is 0 Å². The lowest BCUT2D eigenvalue weighted by Crippen LogP contribution is -2.65. The van der Waals surface area contributed by atoms with E-state index in [9.17, 15) is 5.21 Å². The molecule has 4 heteroatoms. The van der Waals surface area contributed by atoms with E-state index in [4.69, 9.17) is 4.84 Å². The van der Waals surface area contributed by atoms with Crippen molar-refractivity contribution in [3.8, 4) is 0 Å². The summed E-state index contributed by atoms with van der Waals surface area (Å²) in [6, 6.07) is 0. The molecule has 0 amide bonds. The van der Waals surface area contributed by atoms with E-state index in [2.05, 4.69) is 32.8 Å². The van der Waals surface area contributed by atoms with Crippen LogP contribution in [-0.2, 0) is 10.0 Å². The summed E-state index contributed by atoms with van der Waals surface area (Å²) in [5, 5.41) is 16.1. The zero-order valence-electron chi connectivity index (χ0n) is 15.1. The maximum absolute atomic E-state index is 12.7. The fourth-order valence-corrected chi connectivity index (χ4v) is 4.08. The predicted molar refractivity (Wildman–Crippen MR) is 84.0 cm³/mol. The first-order valence-electron chi connectivity index (χ1n) is 8.25. The SMILES string of the molecule is CC1(C)CCC(C)(C)N1OC1CCC(C)(C)N([O])C1(C)C. The van der Waals surface area contributed by atoms with Crippen LogP contribution in [0, 0.1) is 0 Å². The van der Waals surface area contributed by atoms with Crippen LogP contribution in [-0.4, -0.2) is 38.4 Å². The Bertz CT molecular complexity index is 386. The molecule has 1 unspecified atom stereocenters. The van der Waals surface area contributed by atoms with Gasteiger partial charge in [0.1, 0.15) is 0 Å². The quantitative estimate of drug-likeness (QED) is 0.774. The normalized spacial score (nSPS) is 35.0. The highest BCUT2D eigenvalue weighted by Gasteiger charge is 2.53. The summed E-state index contributed by atoms with van der Waals surface area (Å²) < 4.78 is 0. The Morgan fingerprint density at radius 3 is 1.76 bits per heavy atom. The number of piperidine rings is 1. The Hall–Kier alpha value is -0.160. The Morgan fingerprint density at radius 2 is 1.29 bits per heavy atom. The van der Waals surface area contributed by atoms with Crippen molar-refractivity contribution in [2.24, 2.45) is 0 Å². The zero-order chi connectivity index (χ0) is 16.3. The van der Waals surface area contributed by atoms with E-state index >= 15 is 0 Å². The Morgan fingerprint density at radius 1 is 0.810 bits per heavy atom. The Balaban J connectivity index is 2.20. The Labute approximate surface area is 130 Å². The third-order valence-electron chi connectivity index (χ3n) is 5.56. The molecule has 0 aliphatic carbocycles. The first-order valence-corrected chi connectivity index (χ1v) is 8.25. The standard InChI is InChI=1S/C17H33N2O2/c1-14(2)10-9-13(17(7,8)18(14)20)21-19-15(3,4)11-12-16(19,5)6/h13H,9-12H2,1-8H3. The number of hydrogen-bond acceptors (Lipinski definition) is 3. The van der Waals surface area contributed by atoms with Gasteiger partial charge in [-0.05, 0) is 81.1 Å². The molecule has 0 aromatic rings. The van der Waals surface area contributed by atoms with Crippen molar-refractivity contribution in [1.29, 1.82) is 0 Å². The van der Waals surface area contributed by atoms with Gasteiger partial charge in [0, 0.05) is 16.6 Å². The summed E-state index contributed by atoms with van der Waals surface area (Å²) in [5.74, 6) is 0. The zero-order valence-corrected chi connectivity index (χ0v) is 15.1. The fraction of sp³-hybridized carbons (Fsp3) is 1.00. The van der Waals surface area contributed by atoms with E-state index in [-0.39, 0.29) is 22.7 Å². The van der Waals surface area contributed by atoms with E-state index in [0.717, 1.165) is 25.7 Å². The van der Waals surface area contributed by atoms with Crippen molar-refractivity contribution in [2.75, 3.05) is 0 Å². The summed E-state index contributed by atoms with van der Waals surface area (Å²) in [5.41, 5.74) is -0.754. The fourth-order valence-electron chi connectivity index (χ4n) is 4.08. The minimum atomic E-state index is -0.503. The van der Waals surface area contributed by atoms with Crippen molar-refractivity contribution >= 4 is 0 Å². The first-order chi connectivity index (χ1) is 9.31. The molecule has 2 aliphatic rings. The molecule has 0 aromatic carbocycles. The molecule has 0 saturated carbocycles. The van der Waals surface area contributed by atoms with E-state index in [1.54, 1.807) is 0 Å². The molecule has 0 bridgehead atoms. The predicted octanol–water partition coefficient (Wildman–Crippen LogP) is 3.94. The van der Waals surface area contributed by atoms with Gasteiger partial charge in [0.15, 0.2) is 0 Å². The number of nitrogens with zero attached hydrogens (tertiary/aromatic N) is 2. The van der Waals surface area contributed by atoms with Crippen LogP contribution in [0.5, 0.6) is 0 Å². The van der Waals surface area contributed by atoms with Crippen molar-refractivity contribution in [1.82, 2.24) is 10.1 Å². The van der Waals surface area contributed by atoms with Crippen LogP contribution in [0.25, 0.3) is 0 Å². The van der Waals surface area contributed by atoms with Crippen molar-refractivity contribution in [2.45, 2.75) is 109 Å². The van der Waals surface area contributed by atoms with Gasteiger partial charge in [-0.3, -0.25) is 4.84 Å². The van der Waals surface area contributed by atoms with Crippen molar-refractivity contribution in [3.05, 3.63) is 0 Å². The van der Waals surface area contributed by atoms with Gasteiger partial charge in [-0.1, -0.05) is 0 Å². The molecular formula is C17H33N2O2. The Kier molecular flexibility index (Phi) is 4.03. The minimum absolute atomic E-state index is 0.0280. The maximum Gasteiger partial charge on any atom is 0.0996 e. The molecule has 2 fully saturated rings. The molecule has 0 spiro atoms. The summed E-state index contributed by atoms with van der Waals surface area (Å²) in [4.78, 5) is 6.45. The van der Waals surface area contributed by atoms with Crippen LogP contribution >= 0.6 is 0 Å². The van der Waals surface area contributed by atoms with Gasteiger partial charge in [-0.15, -0.1) is 10.3 Å². The molecule has 4 nitrogen and oxygen atoms in total. The van der Waals surface area contributed by atoms with E-state index in [0.29, 0.717) is 0 Å². The van der Waals surface area contributed by atoms with Crippen LogP contribution in [0.3, 0.4) is 0 Å². The average molecular weight is 297 g/mol. The third-order valence-corrected chi connectivity index (χ3v) is 5.56. The number of hydrogen-bond donors (Lipinski definition) is 0. The number of rotatable bonds is 2. The summed E-state index contributed by atoms with van der Waals surface area (Å²) in [6.07, 6.45) is 4.00. The van der Waals surface area contributed by atoms with Crippen LogP contribution in [0.2, 0.25) is 0 Å². The lowest BCUT2D eigenvalue weighted by molar-refractivity contribution is -0.359. The topological polar surface area (TPSA) is 35.6 Å². The van der Waals surface area contributed by atoms with E-state index < -0.39 is 5.54 Å². The molecule has 0 N–H and O–H groups in total. The summed E-state index contributed by atoms with van der Waals surface area (Å²) >= 11 is 0. The first kappa shape index (κ1) is 17.2. The molecule has 2 rings (SSSR count). The second kappa shape index (κ2) is 4.92. The average Bonchev–Trinajstić information content (AvgIpc) is 2.53. The largest absolute Gasteiger partial charge is 0.293 e. The monoisotopic (exact) mass is 297 g/mol. The highest BCUT2D eigenvalue weighted by molar-refractivity contribution is 5.01. The van der Waals surface area contributed by atoms with Gasteiger partial charge in [0.05, 0.1) is 11.6 Å². The second-order valence-corrected chi connectivity index (χ2v) is 9.31. The van der Waals surface area contributed by atoms with Gasteiger partial charge in [-0.25, -0.2) is 0 Å². The van der Waals surface area contributed by atoms with Gasteiger partial charge in [0.2, 0.25) is 0 Å². The molecule has 2 aliphatic heterocycles. The van der Waals surface area contributed by atoms with Gasteiger partial charge < -0.3 is 0 Å². The lowest BCUT2D eigenvalue weighted by Gasteiger charge is -2.53. The molecule has 1 radical (unpaired) electrons. The molecule has 0 aromatic heterocycles. The van der Waals surface area contributed by atoms with Gasteiger partial charge in [0.25, 0.3) is 0 Å². The minimum Gasteiger partial charge on any atom is -0.293 e. The van der Waals surface area contributed by atoms with E-state index in [1.165, 1.54) is 5.06 Å². The molecule has 21 heavy (non-hydrogen) atoms.